The fourth-order valence-corrected chi connectivity index (χ4v) is 2.93. The van der Waals surface area contributed by atoms with Crippen LogP contribution in [0.25, 0.3) is 0 Å². The van der Waals surface area contributed by atoms with Crippen LogP contribution in [0.4, 0.5) is 17.6 Å². The molecule has 0 aliphatic heterocycles. The van der Waals surface area contributed by atoms with E-state index in [1.807, 2.05) is 6.92 Å². The zero-order valence-corrected chi connectivity index (χ0v) is 17.8. The summed E-state index contributed by atoms with van der Waals surface area (Å²) in [6.45, 7) is 3.52. The lowest BCUT2D eigenvalue weighted by Gasteiger charge is -2.11. The van der Waals surface area contributed by atoms with Crippen molar-refractivity contribution in [3.63, 3.8) is 0 Å². The first-order chi connectivity index (χ1) is 12.4. The minimum Gasteiger partial charge on any atom is -0.357 e. The van der Waals surface area contributed by atoms with Crippen LogP contribution in [0.2, 0.25) is 0 Å². The maximum absolute atomic E-state index is 12.9. The number of nitrogens with zero attached hydrogens (tertiary/aromatic N) is 2. The van der Waals surface area contributed by atoms with Crippen molar-refractivity contribution in [2.75, 3.05) is 19.6 Å². The molecular weight excluding hydrogens is 495 g/mol. The lowest BCUT2D eigenvalue weighted by molar-refractivity contribution is -0.140. The Balaban J connectivity index is 0.00000364. The van der Waals surface area contributed by atoms with E-state index in [4.69, 9.17) is 0 Å². The van der Waals surface area contributed by atoms with Gasteiger partial charge in [-0.3, -0.25) is 4.99 Å². The zero-order valence-electron chi connectivity index (χ0n) is 14.6. The predicted octanol–water partition coefficient (Wildman–Crippen LogP) is 4.26. The van der Waals surface area contributed by atoms with Crippen molar-refractivity contribution in [1.82, 2.24) is 15.6 Å². The molecule has 2 aromatic rings. The summed E-state index contributed by atoms with van der Waals surface area (Å²) in [4.78, 5) is 7.93. The molecule has 0 aliphatic rings. The van der Waals surface area contributed by atoms with Gasteiger partial charge in [0.05, 0.1) is 5.01 Å². The summed E-state index contributed by atoms with van der Waals surface area (Å²) < 4.78 is 50.5. The molecule has 0 radical (unpaired) electrons. The minimum absolute atomic E-state index is 0. The van der Waals surface area contributed by atoms with Crippen molar-refractivity contribution in [3.8, 4) is 0 Å². The van der Waals surface area contributed by atoms with Crippen molar-refractivity contribution >= 4 is 41.3 Å². The summed E-state index contributed by atoms with van der Waals surface area (Å²) in [5.74, 6) is 0.315. The second kappa shape index (κ2) is 11.4. The molecular formula is C17H21F4IN4S. The van der Waals surface area contributed by atoms with Gasteiger partial charge in [-0.05, 0) is 31.0 Å². The van der Waals surface area contributed by atoms with Crippen molar-refractivity contribution in [1.29, 1.82) is 0 Å². The standard InChI is InChI=1S/C17H20F4N4S.HI/c1-2-22-16(23-9-7-12-3-5-13(18)6-4-12)24-10-8-15-25-14(11-26-15)17(19,20)21;/h3-6,11H,2,7-10H2,1H3,(H2,22,23,24);1H. The molecule has 0 amide bonds. The van der Waals surface area contributed by atoms with Gasteiger partial charge in [-0.1, -0.05) is 12.1 Å². The number of alkyl halides is 3. The van der Waals surface area contributed by atoms with Crippen LogP contribution in [0.3, 0.4) is 0 Å². The fourth-order valence-electron chi connectivity index (χ4n) is 2.14. The number of thiazole rings is 1. The van der Waals surface area contributed by atoms with E-state index in [1.54, 1.807) is 12.1 Å². The Morgan fingerprint density at radius 3 is 2.44 bits per heavy atom. The molecule has 0 unspecified atom stereocenters. The fraction of sp³-hybridized carbons (Fsp3) is 0.412. The molecule has 0 aliphatic carbocycles. The summed E-state index contributed by atoms with van der Waals surface area (Å²) in [5, 5.41) is 7.65. The van der Waals surface area contributed by atoms with E-state index in [0.717, 1.165) is 22.3 Å². The summed E-state index contributed by atoms with van der Waals surface area (Å²) in [7, 11) is 0. The number of hydrogen-bond acceptors (Lipinski definition) is 3. The third-order valence-corrected chi connectivity index (χ3v) is 4.31. The second-order valence-corrected chi connectivity index (χ2v) is 6.38. The Bertz CT molecular complexity index is 716. The third kappa shape index (κ3) is 8.41. The Morgan fingerprint density at radius 2 is 1.85 bits per heavy atom. The Morgan fingerprint density at radius 1 is 1.15 bits per heavy atom. The molecule has 1 aromatic carbocycles. The van der Waals surface area contributed by atoms with Gasteiger partial charge >= 0.3 is 6.18 Å². The normalized spacial score (nSPS) is 11.8. The highest BCUT2D eigenvalue weighted by Gasteiger charge is 2.33. The van der Waals surface area contributed by atoms with Crippen LogP contribution in [-0.4, -0.2) is 30.6 Å². The SMILES string of the molecule is CCNC(=NCCc1nc(C(F)(F)F)cs1)NCCc1ccc(F)cc1.I. The van der Waals surface area contributed by atoms with E-state index in [0.29, 0.717) is 43.4 Å². The molecule has 2 N–H and O–H groups in total. The van der Waals surface area contributed by atoms with Crippen LogP contribution in [0.5, 0.6) is 0 Å². The minimum atomic E-state index is -4.41. The van der Waals surface area contributed by atoms with Crippen molar-refractivity contribution in [2.45, 2.75) is 25.9 Å². The number of guanidine groups is 1. The molecule has 27 heavy (non-hydrogen) atoms. The van der Waals surface area contributed by atoms with Gasteiger partial charge in [-0.2, -0.15) is 13.2 Å². The Kier molecular flexibility index (Phi) is 9.99. The van der Waals surface area contributed by atoms with E-state index >= 15 is 0 Å². The average molecular weight is 516 g/mol. The number of hydrogen-bond donors (Lipinski definition) is 2. The van der Waals surface area contributed by atoms with Gasteiger partial charge in [-0.15, -0.1) is 35.3 Å². The summed E-state index contributed by atoms with van der Waals surface area (Å²) in [6, 6.07) is 6.28. The summed E-state index contributed by atoms with van der Waals surface area (Å²) in [6.07, 6.45) is -3.36. The highest BCUT2D eigenvalue weighted by molar-refractivity contribution is 14.0. The molecule has 0 saturated heterocycles. The van der Waals surface area contributed by atoms with Gasteiger partial charge in [0.15, 0.2) is 11.7 Å². The summed E-state index contributed by atoms with van der Waals surface area (Å²) >= 11 is 0.986. The summed E-state index contributed by atoms with van der Waals surface area (Å²) in [5.41, 5.74) is 0.142. The average Bonchev–Trinajstić information content (AvgIpc) is 3.06. The van der Waals surface area contributed by atoms with Gasteiger partial charge in [-0.25, -0.2) is 9.37 Å². The number of aliphatic imine (C=N–C) groups is 1. The van der Waals surface area contributed by atoms with Gasteiger partial charge in [0.25, 0.3) is 0 Å². The van der Waals surface area contributed by atoms with E-state index < -0.39 is 11.9 Å². The molecule has 0 atom stereocenters. The monoisotopic (exact) mass is 516 g/mol. The maximum atomic E-state index is 12.9. The first-order valence-electron chi connectivity index (χ1n) is 8.16. The highest BCUT2D eigenvalue weighted by atomic mass is 127. The first-order valence-corrected chi connectivity index (χ1v) is 9.04. The first kappa shape index (κ1) is 23.6. The number of halogens is 5. The molecule has 150 valence electrons. The van der Waals surface area contributed by atoms with Crippen molar-refractivity contribution < 1.29 is 17.6 Å². The smallest absolute Gasteiger partial charge is 0.357 e. The van der Waals surface area contributed by atoms with Crippen LogP contribution in [0.1, 0.15) is 23.2 Å². The van der Waals surface area contributed by atoms with Gasteiger partial charge in [0.1, 0.15) is 5.82 Å². The van der Waals surface area contributed by atoms with Crippen LogP contribution in [0, 0.1) is 5.82 Å². The molecule has 0 bridgehead atoms. The van der Waals surface area contributed by atoms with E-state index in [9.17, 15) is 17.6 Å². The Hall–Kier alpha value is -1.43. The van der Waals surface area contributed by atoms with Crippen molar-refractivity contribution in [3.05, 3.63) is 51.7 Å². The molecule has 2 rings (SSSR count). The van der Waals surface area contributed by atoms with Gasteiger partial charge < -0.3 is 10.6 Å². The topological polar surface area (TPSA) is 49.3 Å². The number of nitrogens with one attached hydrogen (secondary N) is 2. The molecule has 0 saturated carbocycles. The largest absolute Gasteiger partial charge is 0.434 e. The maximum Gasteiger partial charge on any atom is 0.434 e. The van der Waals surface area contributed by atoms with Crippen molar-refractivity contribution in [2.24, 2.45) is 4.99 Å². The number of aromatic nitrogens is 1. The lowest BCUT2D eigenvalue weighted by Crippen LogP contribution is -2.38. The molecule has 0 fully saturated rings. The molecule has 1 heterocycles. The molecule has 1 aromatic heterocycles. The van der Waals surface area contributed by atoms with E-state index in [2.05, 4.69) is 20.6 Å². The van der Waals surface area contributed by atoms with Gasteiger partial charge in [0.2, 0.25) is 0 Å². The van der Waals surface area contributed by atoms with Gasteiger partial charge in [0, 0.05) is 31.4 Å². The zero-order chi connectivity index (χ0) is 19.0. The van der Waals surface area contributed by atoms with Crippen LogP contribution < -0.4 is 10.6 Å². The molecule has 0 spiro atoms. The molecule has 4 nitrogen and oxygen atoms in total. The van der Waals surface area contributed by atoms with Crippen LogP contribution >= 0.6 is 35.3 Å². The lowest BCUT2D eigenvalue weighted by atomic mass is 10.1. The van der Waals surface area contributed by atoms with Crippen LogP contribution in [0.15, 0.2) is 34.6 Å². The molecule has 10 heteroatoms. The third-order valence-electron chi connectivity index (χ3n) is 3.40. The quantitative estimate of drug-likeness (QED) is 0.250. The van der Waals surface area contributed by atoms with E-state index in [-0.39, 0.29) is 29.8 Å². The Labute approximate surface area is 176 Å². The van der Waals surface area contributed by atoms with Crippen LogP contribution in [-0.2, 0) is 19.0 Å². The highest BCUT2D eigenvalue weighted by Crippen LogP contribution is 2.30. The number of benzene rings is 1. The predicted molar refractivity (Wildman–Crippen MR) is 110 cm³/mol. The number of rotatable bonds is 7. The van der Waals surface area contributed by atoms with E-state index in [1.165, 1.54) is 12.1 Å². The second-order valence-electron chi connectivity index (χ2n) is 5.44.